The highest BCUT2D eigenvalue weighted by Crippen LogP contribution is 2.29. The molecule has 1 aromatic carbocycles. The van der Waals surface area contributed by atoms with Gasteiger partial charge in [0.2, 0.25) is 5.82 Å². The molecule has 0 spiro atoms. The van der Waals surface area contributed by atoms with Crippen molar-refractivity contribution in [1.82, 2.24) is 14.5 Å². The fourth-order valence-corrected chi connectivity index (χ4v) is 2.96. The van der Waals surface area contributed by atoms with E-state index in [0.29, 0.717) is 16.2 Å². The second-order valence-electron chi connectivity index (χ2n) is 5.72. The number of pyridine rings is 1. The van der Waals surface area contributed by atoms with E-state index in [1.165, 1.54) is 28.5 Å². The predicted octanol–water partition coefficient (Wildman–Crippen LogP) is 3.75. The van der Waals surface area contributed by atoms with Gasteiger partial charge < -0.3 is 5.11 Å². The molecule has 0 radical (unpaired) electrons. The molecule has 0 aliphatic heterocycles. The van der Waals surface area contributed by atoms with Crippen molar-refractivity contribution in [2.24, 2.45) is 0 Å². The lowest BCUT2D eigenvalue weighted by Crippen LogP contribution is -2.25. The summed E-state index contributed by atoms with van der Waals surface area (Å²) in [5.74, 6) is -3.46. The van der Waals surface area contributed by atoms with Gasteiger partial charge in [0.1, 0.15) is 5.65 Å². The number of thioether (sulfide) groups is 1. The highest BCUT2D eigenvalue weighted by molar-refractivity contribution is 7.98. The highest BCUT2D eigenvalue weighted by Gasteiger charge is 2.20. The van der Waals surface area contributed by atoms with E-state index in [1.54, 1.807) is 20.0 Å². The van der Waals surface area contributed by atoms with Crippen LogP contribution in [-0.2, 0) is 0 Å². The van der Waals surface area contributed by atoms with Crippen LogP contribution in [0.1, 0.15) is 19.9 Å². The van der Waals surface area contributed by atoms with Gasteiger partial charge in [0.15, 0.2) is 16.7 Å². The fourth-order valence-electron chi connectivity index (χ4n) is 2.62. The number of aromatic hydroxyl groups is 1. The number of nitrogens with zero attached hydrogens (tertiary/aromatic N) is 3. The molecule has 0 saturated heterocycles. The molecule has 2 aromatic heterocycles. The van der Waals surface area contributed by atoms with Crippen molar-refractivity contribution in [2.45, 2.75) is 25.0 Å². The van der Waals surface area contributed by atoms with Crippen molar-refractivity contribution >= 4 is 22.8 Å². The number of benzene rings is 1. The van der Waals surface area contributed by atoms with Crippen LogP contribution in [0.15, 0.2) is 34.3 Å². The van der Waals surface area contributed by atoms with Crippen LogP contribution >= 0.6 is 11.8 Å². The summed E-state index contributed by atoms with van der Waals surface area (Å²) < 4.78 is 29.4. The number of hydrogen-bond acceptors (Lipinski definition) is 5. The normalized spacial score (nSPS) is 11.4. The molecule has 25 heavy (non-hydrogen) atoms. The van der Waals surface area contributed by atoms with Crippen molar-refractivity contribution in [1.29, 1.82) is 0 Å². The second kappa shape index (κ2) is 6.44. The summed E-state index contributed by atoms with van der Waals surface area (Å²) in [5.41, 5.74) is -0.288. The van der Waals surface area contributed by atoms with Gasteiger partial charge in [-0.05, 0) is 38.3 Å². The van der Waals surface area contributed by atoms with E-state index in [1.807, 2.05) is 6.26 Å². The Morgan fingerprint density at radius 1 is 1.20 bits per heavy atom. The fraction of sp³-hybridized carbons (Fsp3) is 0.235. The Morgan fingerprint density at radius 3 is 2.56 bits per heavy atom. The minimum atomic E-state index is -1.39. The quantitative estimate of drug-likeness (QED) is 0.567. The van der Waals surface area contributed by atoms with Crippen LogP contribution in [0, 0.1) is 11.6 Å². The first kappa shape index (κ1) is 17.3. The molecular formula is C17H15F2N3O2S. The summed E-state index contributed by atoms with van der Waals surface area (Å²) in [7, 11) is 0. The number of phenols is 1. The first-order chi connectivity index (χ1) is 11.8. The summed E-state index contributed by atoms with van der Waals surface area (Å²) in [4.78, 5) is 21.5. The number of aromatic nitrogens is 3. The third-order valence-electron chi connectivity index (χ3n) is 3.80. The van der Waals surface area contributed by atoms with Crippen LogP contribution < -0.4 is 5.56 Å². The van der Waals surface area contributed by atoms with Gasteiger partial charge in [-0.1, -0.05) is 11.8 Å². The standard InChI is InChI=1S/C17H15F2N3O2S/c1-8(2)22-15-9(7-20-17(21-15)25-3)6-11(16(22)24)10-4-5-12(23)14(19)13(10)18/h4-8,23H,1-3H3. The van der Waals surface area contributed by atoms with E-state index in [2.05, 4.69) is 9.97 Å². The Balaban J connectivity index is 2.40. The zero-order valence-electron chi connectivity index (χ0n) is 13.7. The molecule has 0 amide bonds. The molecule has 0 fully saturated rings. The van der Waals surface area contributed by atoms with Gasteiger partial charge in [-0.25, -0.2) is 14.4 Å². The van der Waals surface area contributed by atoms with Crippen LogP contribution in [0.5, 0.6) is 5.75 Å². The minimum Gasteiger partial charge on any atom is -0.505 e. The summed E-state index contributed by atoms with van der Waals surface area (Å²) in [6.07, 6.45) is 3.37. The number of halogens is 2. The van der Waals surface area contributed by atoms with E-state index >= 15 is 0 Å². The number of phenolic OH excluding ortho intramolecular Hbond substituents is 1. The van der Waals surface area contributed by atoms with E-state index in [-0.39, 0.29) is 17.2 Å². The van der Waals surface area contributed by atoms with E-state index in [0.717, 1.165) is 6.07 Å². The molecule has 0 unspecified atom stereocenters. The zero-order valence-corrected chi connectivity index (χ0v) is 14.6. The predicted molar refractivity (Wildman–Crippen MR) is 93.0 cm³/mol. The lowest BCUT2D eigenvalue weighted by molar-refractivity contribution is 0.408. The Hall–Kier alpha value is -2.48. The van der Waals surface area contributed by atoms with E-state index in [9.17, 15) is 18.7 Å². The van der Waals surface area contributed by atoms with Gasteiger partial charge in [-0.15, -0.1) is 0 Å². The minimum absolute atomic E-state index is 0.0156. The zero-order chi connectivity index (χ0) is 18.3. The number of hydrogen-bond donors (Lipinski definition) is 1. The molecule has 0 bridgehead atoms. The Bertz CT molecular complexity index is 1030. The van der Waals surface area contributed by atoms with Gasteiger partial charge in [0, 0.05) is 23.2 Å². The van der Waals surface area contributed by atoms with Crippen LogP contribution in [-0.4, -0.2) is 25.9 Å². The second-order valence-corrected chi connectivity index (χ2v) is 6.50. The molecule has 130 valence electrons. The molecule has 3 rings (SSSR count). The molecule has 3 aromatic rings. The lowest BCUT2D eigenvalue weighted by Gasteiger charge is -2.16. The van der Waals surface area contributed by atoms with Gasteiger partial charge in [-0.3, -0.25) is 9.36 Å². The topological polar surface area (TPSA) is 68.0 Å². The molecular weight excluding hydrogens is 348 g/mol. The molecule has 0 aliphatic rings. The van der Waals surface area contributed by atoms with Crippen molar-refractivity contribution < 1.29 is 13.9 Å². The summed E-state index contributed by atoms with van der Waals surface area (Å²) in [6, 6.07) is 3.39. The molecule has 0 saturated carbocycles. The van der Waals surface area contributed by atoms with Crippen LogP contribution in [0.2, 0.25) is 0 Å². The van der Waals surface area contributed by atoms with Crippen molar-refractivity contribution in [3.8, 4) is 16.9 Å². The average molecular weight is 363 g/mol. The van der Waals surface area contributed by atoms with Crippen molar-refractivity contribution in [3.63, 3.8) is 0 Å². The maximum atomic E-state index is 14.3. The van der Waals surface area contributed by atoms with Crippen LogP contribution in [0.25, 0.3) is 22.2 Å². The third-order valence-corrected chi connectivity index (χ3v) is 4.36. The maximum absolute atomic E-state index is 14.3. The molecule has 2 heterocycles. The number of fused-ring (bicyclic) bond motifs is 1. The third kappa shape index (κ3) is 2.86. The monoisotopic (exact) mass is 363 g/mol. The summed E-state index contributed by atoms with van der Waals surface area (Å²) in [6.45, 7) is 3.61. The van der Waals surface area contributed by atoms with Gasteiger partial charge in [0.05, 0.1) is 5.56 Å². The lowest BCUT2D eigenvalue weighted by atomic mass is 10.0. The SMILES string of the molecule is CSc1ncc2cc(-c3ccc(O)c(F)c3F)c(=O)n(C(C)C)c2n1. The van der Waals surface area contributed by atoms with Crippen LogP contribution in [0.4, 0.5) is 8.78 Å². The summed E-state index contributed by atoms with van der Waals surface area (Å²) >= 11 is 1.34. The molecule has 1 N–H and O–H groups in total. The molecule has 0 aliphatic carbocycles. The Morgan fingerprint density at radius 2 is 1.92 bits per heavy atom. The molecule has 8 heteroatoms. The smallest absolute Gasteiger partial charge is 0.260 e. The maximum Gasteiger partial charge on any atom is 0.260 e. The highest BCUT2D eigenvalue weighted by atomic mass is 32.2. The molecule has 5 nitrogen and oxygen atoms in total. The van der Waals surface area contributed by atoms with E-state index < -0.39 is 22.9 Å². The first-order valence-electron chi connectivity index (χ1n) is 7.48. The first-order valence-corrected chi connectivity index (χ1v) is 8.71. The van der Waals surface area contributed by atoms with Gasteiger partial charge in [-0.2, -0.15) is 4.39 Å². The molecule has 0 atom stereocenters. The number of rotatable bonds is 3. The van der Waals surface area contributed by atoms with Crippen molar-refractivity contribution in [3.05, 3.63) is 46.4 Å². The summed E-state index contributed by atoms with van der Waals surface area (Å²) in [5, 5.41) is 10.3. The largest absolute Gasteiger partial charge is 0.505 e. The Labute approximate surface area is 146 Å². The van der Waals surface area contributed by atoms with Crippen LogP contribution in [0.3, 0.4) is 0 Å². The average Bonchev–Trinajstić information content (AvgIpc) is 2.59. The van der Waals surface area contributed by atoms with Gasteiger partial charge >= 0.3 is 0 Å². The Kier molecular flexibility index (Phi) is 4.47. The van der Waals surface area contributed by atoms with E-state index in [4.69, 9.17) is 0 Å². The van der Waals surface area contributed by atoms with Gasteiger partial charge in [0.25, 0.3) is 5.56 Å². The van der Waals surface area contributed by atoms with Crippen molar-refractivity contribution in [2.75, 3.05) is 6.26 Å².